The number of nitrogens with zero attached hydrogens (tertiary/aromatic N) is 1. The van der Waals surface area contributed by atoms with Gasteiger partial charge in [0.2, 0.25) is 0 Å². The van der Waals surface area contributed by atoms with Crippen LogP contribution < -0.4 is 12.4 Å². The summed E-state index contributed by atoms with van der Waals surface area (Å²) in [4.78, 5) is 0. The zero-order valence-corrected chi connectivity index (χ0v) is 13.8. The summed E-state index contributed by atoms with van der Waals surface area (Å²) in [7, 11) is 5.73. The highest BCUT2D eigenvalue weighted by Gasteiger charge is 2.14. The van der Waals surface area contributed by atoms with Crippen molar-refractivity contribution >= 4 is 8.07 Å². The molecular weight excluding hydrogens is 246 g/mol. The third kappa shape index (κ3) is 7.58. The smallest absolute Gasteiger partial charge is 0.104 e. The van der Waals surface area contributed by atoms with Crippen molar-refractivity contribution in [3.8, 4) is 0 Å². The lowest BCUT2D eigenvalue weighted by Crippen LogP contribution is -3.00. The average molecular weight is 272 g/mol. The molecule has 1 aromatic rings. The molecule has 0 radical (unpaired) electrons. The van der Waals surface area contributed by atoms with E-state index in [0.29, 0.717) is 0 Å². The van der Waals surface area contributed by atoms with Crippen molar-refractivity contribution in [2.24, 2.45) is 0 Å². The van der Waals surface area contributed by atoms with Crippen LogP contribution in [-0.4, -0.2) is 33.7 Å². The van der Waals surface area contributed by atoms with E-state index in [4.69, 9.17) is 0 Å². The molecule has 0 unspecified atom stereocenters. The molecule has 0 aliphatic rings. The van der Waals surface area contributed by atoms with Gasteiger partial charge in [0.1, 0.15) is 6.54 Å². The van der Waals surface area contributed by atoms with Crippen molar-refractivity contribution in [2.75, 3.05) is 21.1 Å². The fraction of sp³-hybridized carbons (Fsp3) is 0.571. The second kappa shape index (κ2) is 6.03. The molecule has 0 atom stereocenters. The second-order valence-corrected chi connectivity index (χ2v) is 12.5. The van der Waals surface area contributed by atoms with Crippen molar-refractivity contribution in [1.82, 2.24) is 0 Å². The van der Waals surface area contributed by atoms with Gasteiger partial charge in [0.05, 0.1) is 21.1 Å². The molecule has 0 spiro atoms. The van der Waals surface area contributed by atoms with Crippen molar-refractivity contribution in [3.05, 3.63) is 35.4 Å². The molecule has 0 aliphatic heterocycles. The van der Waals surface area contributed by atoms with Crippen molar-refractivity contribution in [1.29, 1.82) is 0 Å². The SMILES string of the molecule is C[N+](C)(C)Cc1ccc(C[Si](C)(C)C)cc1.[Cl-]. The molecule has 0 heterocycles. The fourth-order valence-electron chi connectivity index (χ4n) is 1.92. The first-order valence-electron chi connectivity index (χ1n) is 6.04. The lowest BCUT2D eigenvalue weighted by molar-refractivity contribution is -0.884. The summed E-state index contributed by atoms with van der Waals surface area (Å²) < 4.78 is 0.993. The lowest BCUT2D eigenvalue weighted by Gasteiger charge is -2.24. The van der Waals surface area contributed by atoms with Gasteiger partial charge in [-0.3, -0.25) is 0 Å². The minimum absolute atomic E-state index is 0. The van der Waals surface area contributed by atoms with Gasteiger partial charge in [0.25, 0.3) is 0 Å². The van der Waals surface area contributed by atoms with Crippen LogP contribution in [0.15, 0.2) is 24.3 Å². The Labute approximate surface area is 114 Å². The maximum Gasteiger partial charge on any atom is 0.104 e. The Balaban J connectivity index is 0.00000256. The Morgan fingerprint density at radius 3 is 1.65 bits per heavy atom. The molecule has 0 N–H and O–H groups in total. The zero-order chi connectivity index (χ0) is 12.4. The van der Waals surface area contributed by atoms with Crippen LogP contribution in [0.5, 0.6) is 0 Å². The van der Waals surface area contributed by atoms with E-state index >= 15 is 0 Å². The molecule has 0 aromatic heterocycles. The molecule has 0 fully saturated rings. The zero-order valence-electron chi connectivity index (χ0n) is 12.0. The lowest BCUT2D eigenvalue weighted by atomic mass is 10.1. The van der Waals surface area contributed by atoms with Crippen LogP contribution in [0.1, 0.15) is 11.1 Å². The quantitative estimate of drug-likeness (QED) is 0.547. The van der Waals surface area contributed by atoms with E-state index in [-0.39, 0.29) is 12.4 Å². The minimum atomic E-state index is -0.966. The van der Waals surface area contributed by atoms with Gasteiger partial charge in [0, 0.05) is 13.6 Å². The van der Waals surface area contributed by atoms with Crippen LogP contribution in [0, 0.1) is 0 Å². The number of quaternary nitrogens is 1. The molecule has 1 nitrogen and oxygen atoms in total. The maximum atomic E-state index is 2.42. The molecule has 17 heavy (non-hydrogen) atoms. The number of halogens is 1. The summed E-state index contributed by atoms with van der Waals surface area (Å²) in [5, 5.41) is 0. The van der Waals surface area contributed by atoms with Gasteiger partial charge in [-0.05, 0) is 6.04 Å². The van der Waals surface area contributed by atoms with Crippen LogP contribution in [0.2, 0.25) is 19.6 Å². The number of rotatable bonds is 4. The highest BCUT2D eigenvalue weighted by Crippen LogP contribution is 2.14. The highest BCUT2D eigenvalue weighted by molar-refractivity contribution is 6.75. The topological polar surface area (TPSA) is 0 Å². The summed E-state index contributed by atoms with van der Waals surface area (Å²) in [6, 6.07) is 10.5. The monoisotopic (exact) mass is 271 g/mol. The number of benzene rings is 1. The van der Waals surface area contributed by atoms with E-state index in [1.807, 2.05) is 0 Å². The highest BCUT2D eigenvalue weighted by atomic mass is 35.5. The number of hydrogen-bond acceptors (Lipinski definition) is 0. The van der Waals surface area contributed by atoms with Crippen molar-refractivity contribution < 1.29 is 16.9 Å². The maximum absolute atomic E-state index is 2.42. The van der Waals surface area contributed by atoms with Gasteiger partial charge in [-0.25, -0.2) is 0 Å². The van der Waals surface area contributed by atoms with E-state index in [1.165, 1.54) is 17.2 Å². The van der Waals surface area contributed by atoms with E-state index in [1.54, 1.807) is 0 Å². The van der Waals surface area contributed by atoms with Gasteiger partial charge < -0.3 is 16.9 Å². The van der Waals surface area contributed by atoms with Gasteiger partial charge in [0.15, 0.2) is 0 Å². The first kappa shape index (κ1) is 16.7. The van der Waals surface area contributed by atoms with Gasteiger partial charge >= 0.3 is 0 Å². The normalized spacial score (nSPS) is 12.1. The van der Waals surface area contributed by atoms with Crippen LogP contribution in [0.3, 0.4) is 0 Å². The minimum Gasteiger partial charge on any atom is -1.00 e. The van der Waals surface area contributed by atoms with Crippen molar-refractivity contribution in [2.45, 2.75) is 32.2 Å². The second-order valence-electron chi connectivity index (χ2n) is 7.00. The average Bonchev–Trinajstić information content (AvgIpc) is 2.03. The molecule has 3 heteroatoms. The van der Waals surface area contributed by atoms with Gasteiger partial charge in [-0.2, -0.15) is 0 Å². The molecule has 0 saturated carbocycles. The predicted molar refractivity (Wildman–Crippen MR) is 75.2 cm³/mol. The van der Waals surface area contributed by atoms with Gasteiger partial charge in [-0.1, -0.05) is 49.5 Å². The first-order valence-corrected chi connectivity index (χ1v) is 9.75. The predicted octanol–water partition coefficient (Wildman–Crippen LogP) is 0.317. The Morgan fingerprint density at radius 1 is 0.882 bits per heavy atom. The standard InChI is InChI=1S/C14H26NSi.ClH/c1-15(2,3)11-13-7-9-14(10-8-13)12-16(4,5)6;/h7-10H,11-12H2,1-6H3;1H/q+1;/p-1. The Bertz CT molecular complexity index is 298. The summed E-state index contributed by atoms with van der Waals surface area (Å²) in [5.74, 6) is 0. The Kier molecular flexibility index (Phi) is 5.92. The van der Waals surface area contributed by atoms with E-state index < -0.39 is 8.07 Å². The molecule has 0 aliphatic carbocycles. The summed E-state index contributed by atoms with van der Waals surface area (Å²) >= 11 is 0. The van der Waals surface area contributed by atoms with E-state index in [9.17, 15) is 0 Å². The van der Waals surface area contributed by atoms with E-state index in [0.717, 1.165) is 11.0 Å². The molecular formula is C14H26ClNSi. The fourth-order valence-corrected chi connectivity index (χ4v) is 3.38. The van der Waals surface area contributed by atoms with Crippen LogP contribution in [0.4, 0.5) is 0 Å². The van der Waals surface area contributed by atoms with Crippen LogP contribution in [0.25, 0.3) is 0 Å². The molecule has 0 bridgehead atoms. The largest absolute Gasteiger partial charge is 1.00 e. The van der Waals surface area contributed by atoms with Crippen molar-refractivity contribution in [3.63, 3.8) is 0 Å². The van der Waals surface area contributed by atoms with E-state index in [2.05, 4.69) is 65.0 Å². The van der Waals surface area contributed by atoms with Crippen LogP contribution >= 0.6 is 0 Å². The molecule has 0 amide bonds. The van der Waals surface area contributed by atoms with Gasteiger partial charge in [-0.15, -0.1) is 0 Å². The Hall–Kier alpha value is -0.313. The first-order chi connectivity index (χ1) is 7.16. The summed E-state index contributed by atoms with van der Waals surface area (Å²) in [6.07, 6.45) is 0. The summed E-state index contributed by atoms with van der Waals surface area (Å²) in [6.45, 7) is 8.38. The third-order valence-electron chi connectivity index (χ3n) is 2.41. The third-order valence-corrected chi connectivity index (χ3v) is 3.88. The molecule has 98 valence electrons. The summed E-state index contributed by atoms with van der Waals surface area (Å²) in [5.41, 5.74) is 2.94. The molecule has 1 rings (SSSR count). The Morgan fingerprint density at radius 2 is 1.29 bits per heavy atom. The molecule has 0 saturated heterocycles. The molecule has 1 aromatic carbocycles. The number of hydrogen-bond donors (Lipinski definition) is 0. The van der Waals surface area contributed by atoms with Crippen LogP contribution in [-0.2, 0) is 12.6 Å².